The van der Waals surface area contributed by atoms with Gasteiger partial charge in [-0.2, -0.15) is 0 Å². The Morgan fingerprint density at radius 3 is 1.73 bits per heavy atom. The van der Waals surface area contributed by atoms with Crippen LogP contribution in [0.1, 0.15) is 0 Å². The summed E-state index contributed by atoms with van der Waals surface area (Å²) >= 11 is -3.79. The summed E-state index contributed by atoms with van der Waals surface area (Å²) in [7, 11) is 0. The monoisotopic (exact) mass is 222 g/mol. The van der Waals surface area contributed by atoms with E-state index in [1.807, 2.05) is 0 Å². The number of rotatable bonds is 0. The van der Waals surface area contributed by atoms with Gasteiger partial charge < -0.3 is 0 Å². The van der Waals surface area contributed by atoms with Crippen LogP contribution in [0.5, 0.6) is 0 Å². The van der Waals surface area contributed by atoms with Crippen LogP contribution >= 0.6 is 0 Å². The van der Waals surface area contributed by atoms with Crippen LogP contribution in [-0.2, 0) is 24.6 Å². The van der Waals surface area contributed by atoms with Crippen molar-refractivity contribution < 1.29 is 24.6 Å². The van der Waals surface area contributed by atoms with Crippen LogP contribution in [0.25, 0.3) is 0 Å². The first-order valence-electron chi connectivity index (χ1n) is 2.92. The van der Waals surface area contributed by atoms with Crippen LogP contribution in [-0.4, -0.2) is 39.8 Å². The summed E-state index contributed by atoms with van der Waals surface area (Å²) in [5.41, 5.74) is 0. The van der Waals surface area contributed by atoms with Gasteiger partial charge in [0.1, 0.15) is 0 Å². The second-order valence-corrected chi connectivity index (χ2v) is 6.19. The fourth-order valence-corrected chi connectivity index (χ4v) is 4.22. The van der Waals surface area contributed by atoms with E-state index in [-0.39, 0.29) is 13.2 Å². The van der Waals surface area contributed by atoms with E-state index in [1.165, 1.54) is 0 Å². The number of hydrogen-bond donors (Lipinski definition) is 0. The summed E-state index contributed by atoms with van der Waals surface area (Å²) < 4.78 is 19.0. The van der Waals surface area contributed by atoms with Crippen molar-refractivity contribution in [2.24, 2.45) is 0 Å². The first-order valence-corrected chi connectivity index (χ1v) is 6.34. The second-order valence-electron chi connectivity index (χ2n) is 2.03. The molecule has 0 saturated carbocycles. The molecule has 11 heavy (non-hydrogen) atoms. The molecule has 0 atom stereocenters. The maximum atomic E-state index is 10.5. The fourth-order valence-electron chi connectivity index (χ4n) is 0.813. The van der Waals surface area contributed by atoms with Gasteiger partial charge in [0.25, 0.3) is 0 Å². The Labute approximate surface area is 65.1 Å². The number of carbonyl (C=O) groups excluding carboxylic acids is 2. The first-order chi connectivity index (χ1) is 5.20. The van der Waals surface area contributed by atoms with E-state index in [4.69, 9.17) is 7.53 Å². The summed E-state index contributed by atoms with van der Waals surface area (Å²) in [6, 6.07) is 0. The van der Waals surface area contributed by atoms with Gasteiger partial charge in [-0.3, -0.25) is 0 Å². The Balaban J connectivity index is 2.13. The molecule has 0 aromatic rings. The zero-order valence-corrected chi connectivity index (χ0v) is 7.46. The van der Waals surface area contributed by atoms with E-state index in [9.17, 15) is 9.59 Å². The minimum absolute atomic E-state index is 0.173. The van der Waals surface area contributed by atoms with Gasteiger partial charge in [-0.15, -0.1) is 0 Å². The van der Waals surface area contributed by atoms with Crippen molar-refractivity contribution in [3.8, 4) is 0 Å². The fraction of sp³-hybridized carbons (Fsp3) is 0.500. The van der Waals surface area contributed by atoms with Crippen molar-refractivity contribution in [3.63, 3.8) is 0 Å². The Hall–Kier alpha value is -0.597. The van der Waals surface area contributed by atoms with E-state index >= 15 is 0 Å². The van der Waals surface area contributed by atoms with Crippen LogP contribution in [0.3, 0.4) is 0 Å². The van der Waals surface area contributed by atoms with E-state index < -0.39 is 26.6 Å². The van der Waals surface area contributed by atoms with Crippen molar-refractivity contribution in [1.82, 2.24) is 0 Å². The molecular weight excluding hydrogens is 217 g/mol. The van der Waals surface area contributed by atoms with Gasteiger partial charge in [0.2, 0.25) is 0 Å². The Kier molecular flexibility index (Phi) is 1.41. The summed E-state index contributed by atoms with van der Waals surface area (Å²) in [6.45, 7) is -0.347. The zero-order chi connectivity index (χ0) is 7.90. The number of hydrogen-bond acceptors (Lipinski definition) is 6. The molecule has 0 unspecified atom stereocenters. The summed E-state index contributed by atoms with van der Waals surface area (Å²) in [6.07, 6.45) is 0. The van der Waals surface area contributed by atoms with Gasteiger partial charge in [0.05, 0.1) is 0 Å². The third-order valence-corrected chi connectivity index (χ3v) is 5.30. The molecule has 0 aromatic carbocycles. The SMILES string of the molecule is O=C1C[O][Ge]2([O]CC(=O)[O]2)[O]1. The van der Waals surface area contributed by atoms with Crippen molar-refractivity contribution >= 4 is 26.6 Å². The van der Waals surface area contributed by atoms with E-state index in [1.54, 1.807) is 0 Å². The van der Waals surface area contributed by atoms with Crippen molar-refractivity contribution in [2.75, 3.05) is 13.2 Å². The summed E-state index contributed by atoms with van der Waals surface area (Å²) in [5.74, 6) is -1.06. The molecule has 2 fully saturated rings. The molecule has 2 rings (SSSR count). The van der Waals surface area contributed by atoms with Crippen molar-refractivity contribution in [2.45, 2.75) is 0 Å². The third kappa shape index (κ3) is 1.12. The Morgan fingerprint density at radius 2 is 1.45 bits per heavy atom. The molecule has 0 bridgehead atoms. The average molecular weight is 221 g/mol. The molecule has 1 spiro atoms. The molecule has 2 saturated heterocycles. The molecule has 2 aliphatic heterocycles. The molecule has 7 heteroatoms. The molecule has 0 radical (unpaired) electrons. The predicted molar refractivity (Wildman–Crippen MR) is 29.8 cm³/mol. The summed E-state index contributed by atoms with van der Waals surface area (Å²) in [4.78, 5) is 21.1. The molecule has 0 amide bonds. The Morgan fingerprint density at radius 1 is 1.00 bits per heavy atom. The molecule has 0 aliphatic carbocycles. The normalized spacial score (nSPS) is 27.3. The van der Waals surface area contributed by atoms with Crippen LogP contribution in [0.2, 0.25) is 0 Å². The average Bonchev–Trinajstić information content (AvgIpc) is 2.44. The second kappa shape index (κ2) is 2.19. The van der Waals surface area contributed by atoms with Gasteiger partial charge in [-0.05, 0) is 0 Å². The van der Waals surface area contributed by atoms with E-state index in [0.717, 1.165) is 0 Å². The minimum atomic E-state index is -3.79. The van der Waals surface area contributed by atoms with E-state index in [2.05, 4.69) is 7.53 Å². The van der Waals surface area contributed by atoms with Gasteiger partial charge in [-0.25, -0.2) is 0 Å². The van der Waals surface area contributed by atoms with Crippen LogP contribution in [0, 0.1) is 0 Å². The van der Waals surface area contributed by atoms with Gasteiger partial charge in [0, 0.05) is 0 Å². The number of carbonyl (C=O) groups is 2. The summed E-state index contributed by atoms with van der Waals surface area (Å²) in [5, 5.41) is 0. The quantitative estimate of drug-likeness (QED) is 0.466. The van der Waals surface area contributed by atoms with Crippen LogP contribution in [0.4, 0.5) is 0 Å². The zero-order valence-electron chi connectivity index (χ0n) is 5.36. The molecule has 0 aromatic heterocycles. The van der Waals surface area contributed by atoms with Crippen LogP contribution < -0.4 is 0 Å². The molecule has 2 aliphatic rings. The molecular formula is C4H4GeO6. The topological polar surface area (TPSA) is 71.1 Å². The third-order valence-electron chi connectivity index (χ3n) is 1.21. The molecule has 0 N–H and O–H groups in total. The van der Waals surface area contributed by atoms with Gasteiger partial charge in [-0.1, -0.05) is 0 Å². The molecule has 60 valence electrons. The van der Waals surface area contributed by atoms with Crippen molar-refractivity contribution in [3.05, 3.63) is 0 Å². The maximum absolute atomic E-state index is 10.5. The molecule has 2 heterocycles. The van der Waals surface area contributed by atoms with Crippen LogP contribution in [0.15, 0.2) is 0 Å². The Bertz CT molecular complexity index is 201. The van der Waals surface area contributed by atoms with Crippen molar-refractivity contribution in [1.29, 1.82) is 0 Å². The van der Waals surface area contributed by atoms with Gasteiger partial charge in [0.15, 0.2) is 0 Å². The van der Waals surface area contributed by atoms with Gasteiger partial charge >= 0.3 is 64.4 Å². The predicted octanol–water partition coefficient (Wildman–Crippen LogP) is -1.43. The van der Waals surface area contributed by atoms with E-state index in [0.29, 0.717) is 0 Å². The first kappa shape index (κ1) is 7.07. The standard InChI is InChI=1S/C4H4GeO6/c6-3-1-8-5(10-3)9-2-4(7)11-5/h1-2H2. The molecule has 6 nitrogen and oxygen atoms in total.